The van der Waals surface area contributed by atoms with Gasteiger partial charge in [0, 0.05) is 0 Å². The molecule has 0 radical (unpaired) electrons. The number of rotatable bonds is 4. The Hall–Kier alpha value is -4.88. The molecular weight excluding hydrogens is 460 g/mol. The number of aromatic hydroxyl groups is 1. The van der Waals surface area contributed by atoms with Crippen molar-refractivity contribution in [1.29, 1.82) is 0 Å². The van der Waals surface area contributed by atoms with Crippen molar-refractivity contribution in [2.45, 2.75) is 5.41 Å². The molecule has 1 aliphatic rings. The molecule has 0 unspecified atom stereocenters. The molecule has 1 nitrogen and oxygen atoms in total. The highest BCUT2D eigenvalue weighted by Crippen LogP contribution is 2.57. The summed E-state index contributed by atoms with van der Waals surface area (Å²) >= 11 is 0. The molecule has 0 aromatic heterocycles. The molecule has 1 N–H and O–H groups in total. The lowest BCUT2D eigenvalue weighted by molar-refractivity contribution is 0.474. The molecule has 0 bridgehead atoms. The van der Waals surface area contributed by atoms with Gasteiger partial charge in [0.25, 0.3) is 0 Å². The predicted octanol–water partition coefficient (Wildman–Crippen LogP) is 9.09. The number of hydrogen-bond donors (Lipinski definition) is 1. The lowest BCUT2D eigenvalue weighted by Crippen LogP contribution is -2.28. The molecule has 1 heteroatoms. The molecule has 38 heavy (non-hydrogen) atoms. The van der Waals surface area contributed by atoms with Crippen LogP contribution in [0.1, 0.15) is 22.3 Å². The Kier molecular flexibility index (Phi) is 5.23. The summed E-state index contributed by atoms with van der Waals surface area (Å²) in [6.07, 6.45) is 0. The summed E-state index contributed by atoms with van der Waals surface area (Å²) in [6, 6.07) is 53.3. The first-order chi connectivity index (χ1) is 18.7. The Labute approximate surface area is 223 Å². The number of fused-ring (bicyclic) bond motifs is 3. The van der Waals surface area contributed by atoms with E-state index in [-0.39, 0.29) is 5.75 Å². The maximum absolute atomic E-state index is 10.8. The van der Waals surface area contributed by atoms with Gasteiger partial charge in [-0.25, -0.2) is 0 Å². The molecule has 0 saturated heterocycles. The Morgan fingerprint density at radius 3 is 1.47 bits per heavy atom. The van der Waals surface area contributed by atoms with Crippen LogP contribution in [0.3, 0.4) is 0 Å². The van der Waals surface area contributed by atoms with Crippen molar-refractivity contribution < 1.29 is 5.11 Å². The molecular formula is C37H26O. The highest BCUT2D eigenvalue weighted by Gasteiger charge is 2.46. The summed E-state index contributed by atoms with van der Waals surface area (Å²) < 4.78 is 0. The smallest absolute Gasteiger partial charge is 0.115 e. The van der Waals surface area contributed by atoms with Crippen molar-refractivity contribution in [1.82, 2.24) is 0 Å². The number of phenols is 1. The molecule has 7 rings (SSSR count). The van der Waals surface area contributed by atoms with E-state index in [1.165, 1.54) is 44.5 Å². The molecule has 0 saturated carbocycles. The fourth-order valence-electron chi connectivity index (χ4n) is 6.18. The lowest BCUT2D eigenvalue weighted by atomic mass is 9.67. The SMILES string of the molecule is Oc1ccc2c(c1)C(c1cccc(-c3ccccc3)c1)(c1cccc(-c3ccccc3)c1)c1ccccc1-2. The highest BCUT2D eigenvalue weighted by molar-refractivity contribution is 5.87. The van der Waals surface area contributed by atoms with Gasteiger partial charge in [-0.1, -0.05) is 127 Å². The number of benzene rings is 6. The first-order valence-corrected chi connectivity index (χ1v) is 13.0. The molecule has 0 fully saturated rings. The summed E-state index contributed by atoms with van der Waals surface area (Å²) in [6.45, 7) is 0. The summed E-state index contributed by atoms with van der Waals surface area (Å²) in [7, 11) is 0. The van der Waals surface area contributed by atoms with Crippen molar-refractivity contribution >= 4 is 0 Å². The third kappa shape index (κ3) is 3.40. The summed E-state index contributed by atoms with van der Waals surface area (Å²) in [5.74, 6) is 0.277. The van der Waals surface area contributed by atoms with Crippen LogP contribution in [0.15, 0.2) is 152 Å². The molecule has 0 aliphatic heterocycles. The third-order valence-electron chi connectivity index (χ3n) is 7.83. The van der Waals surface area contributed by atoms with Crippen molar-refractivity contribution in [2.24, 2.45) is 0 Å². The summed E-state index contributed by atoms with van der Waals surface area (Å²) in [4.78, 5) is 0. The lowest BCUT2D eigenvalue weighted by Gasteiger charge is -2.34. The van der Waals surface area contributed by atoms with Gasteiger partial charge < -0.3 is 5.11 Å². The van der Waals surface area contributed by atoms with Crippen LogP contribution in [0.5, 0.6) is 5.75 Å². The average molecular weight is 487 g/mol. The van der Waals surface area contributed by atoms with Gasteiger partial charge in [-0.05, 0) is 79.9 Å². The molecule has 6 aromatic carbocycles. The van der Waals surface area contributed by atoms with Gasteiger partial charge in [-0.3, -0.25) is 0 Å². The van der Waals surface area contributed by atoms with Crippen molar-refractivity contribution in [3.8, 4) is 39.1 Å². The van der Waals surface area contributed by atoms with Crippen LogP contribution >= 0.6 is 0 Å². The standard InChI is InChI=1S/C37H26O/c38-32-21-22-34-33-19-7-8-20-35(33)37(36(34)25-32,30-17-9-15-28(23-30)26-11-3-1-4-12-26)31-18-10-16-29(24-31)27-13-5-2-6-14-27/h1-25,38H. The van der Waals surface area contributed by atoms with Crippen LogP contribution in [-0.4, -0.2) is 5.11 Å². The number of hydrogen-bond acceptors (Lipinski definition) is 1. The first-order valence-electron chi connectivity index (χ1n) is 13.0. The Morgan fingerprint density at radius 1 is 0.368 bits per heavy atom. The van der Waals surface area contributed by atoms with Crippen molar-refractivity contribution in [3.05, 3.63) is 174 Å². The van der Waals surface area contributed by atoms with Crippen LogP contribution in [0.4, 0.5) is 0 Å². The van der Waals surface area contributed by atoms with Gasteiger partial charge in [0.2, 0.25) is 0 Å². The second-order valence-electron chi connectivity index (χ2n) is 9.92. The average Bonchev–Trinajstić information content (AvgIpc) is 3.28. The van der Waals surface area contributed by atoms with Gasteiger partial charge in [0.1, 0.15) is 5.75 Å². The second-order valence-corrected chi connectivity index (χ2v) is 9.92. The van der Waals surface area contributed by atoms with Gasteiger partial charge >= 0.3 is 0 Å². The van der Waals surface area contributed by atoms with E-state index in [1.807, 2.05) is 6.07 Å². The fraction of sp³-hybridized carbons (Fsp3) is 0.0270. The second kappa shape index (κ2) is 8.90. The zero-order valence-corrected chi connectivity index (χ0v) is 20.9. The van der Waals surface area contributed by atoms with E-state index in [9.17, 15) is 5.11 Å². The Morgan fingerprint density at radius 2 is 0.868 bits per heavy atom. The van der Waals surface area contributed by atoms with Crippen LogP contribution in [0.2, 0.25) is 0 Å². The predicted molar refractivity (Wildman–Crippen MR) is 156 cm³/mol. The van der Waals surface area contributed by atoms with Crippen LogP contribution < -0.4 is 0 Å². The zero-order chi connectivity index (χ0) is 25.5. The van der Waals surface area contributed by atoms with E-state index in [0.29, 0.717) is 0 Å². The zero-order valence-electron chi connectivity index (χ0n) is 20.9. The normalized spacial score (nSPS) is 13.1. The summed E-state index contributed by atoms with van der Waals surface area (Å²) in [5, 5.41) is 10.8. The maximum atomic E-state index is 10.8. The van der Waals surface area contributed by atoms with E-state index < -0.39 is 5.41 Å². The largest absolute Gasteiger partial charge is 0.508 e. The van der Waals surface area contributed by atoms with E-state index in [1.54, 1.807) is 6.07 Å². The van der Waals surface area contributed by atoms with Gasteiger partial charge in [-0.2, -0.15) is 0 Å². The molecule has 0 heterocycles. The van der Waals surface area contributed by atoms with E-state index in [4.69, 9.17) is 0 Å². The summed E-state index contributed by atoms with van der Waals surface area (Å²) in [5.41, 5.74) is 11.2. The number of phenolic OH excluding ortho intramolecular Hbond substituents is 1. The van der Waals surface area contributed by atoms with E-state index >= 15 is 0 Å². The van der Waals surface area contributed by atoms with Crippen LogP contribution in [0.25, 0.3) is 33.4 Å². The Bertz CT molecular complexity index is 1680. The van der Waals surface area contributed by atoms with E-state index in [2.05, 4.69) is 140 Å². The van der Waals surface area contributed by atoms with Gasteiger partial charge in [-0.15, -0.1) is 0 Å². The molecule has 1 aliphatic carbocycles. The Balaban J connectivity index is 1.58. The third-order valence-corrected chi connectivity index (χ3v) is 7.83. The monoisotopic (exact) mass is 486 g/mol. The minimum Gasteiger partial charge on any atom is -0.508 e. The fourth-order valence-corrected chi connectivity index (χ4v) is 6.18. The molecule has 0 atom stereocenters. The van der Waals surface area contributed by atoms with Crippen LogP contribution in [0, 0.1) is 0 Å². The molecule has 0 spiro atoms. The van der Waals surface area contributed by atoms with Crippen molar-refractivity contribution in [2.75, 3.05) is 0 Å². The van der Waals surface area contributed by atoms with Gasteiger partial charge in [0.15, 0.2) is 0 Å². The quantitative estimate of drug-likeness (QED) is 0.263. The molecule has 0 amide bonds. The minimum absolute atomic E-state index is 0.277. The highest BCUT2D eigenvalue weighted by atomic mass is 16.3. The van der Waals surface area contributed by atoms with Crippen molar-refractivity contribution in [3.63, 3.8) is 0 Å². The minimum atomic E-state index is -0.583. The maximum Gasteiger partial charge on any atom is 0.115 e. The van der Waals surface area contributed by atoms with Gasteiger partial charge in [0.05, 0.1) is 5.41 Å². The van der Waals surface area contributed by atoms with Crippen LogP contribution in [-0.2, 0) is 5.41 Å². The molecule has 180 valence electrons. The topological polar surface area (TPSA) is 20.2 Å². The molecule has 6 aromatic rings. The first kappa shape index (κ1) is 22.3. The van der Waals surface area contributed by atoms with E-state index in [0.717, 1.165) is 11.1 Å².